The van der Waals surface area contributed by atoms with Crippen LogP contribution in [0.2, 0.25) is 0 Å². The maximum absolute atomic E-state index is 6.77. The van der Waals surface area contributed by atoms with Gasteiger partial charge < -0.3 is 13.9 Å². The lowest BCUT2D eigenvalue weighted by molar-refractivity contribution is 0.545. The second kappa shape index (κ2) is 11.2. The maximum Gasteiger partial charge on any atom is 0.145 e. The summed E-state index contributed by atoms with van der Waals surface area (Å²) in [7, 11) is 0. The van der Waals surface area contributed by atoms with Crippen LogP contribution in [0.15, 0.2) is 186 Å². The van der Waals surface area contributed by atoms with Crippen molar-refractivity contribution >= 4 is 55.1 Å². The van der Waals surface area contributed by atoms with E-state index in [-0.39, 0.29) is 5.54 Å². The van der Waals surface area contributed by atoms with E-state index in [0.29, 0.717) is 0 Å². The van der Waals surface area contributed by atoms with Crippen molar-refractivity contribution in [3.63, 3.8) is 0 Å². The van der Waals surface area contributed by atoms with Crippen LogP contribution in [0.5, 0.6) is 0 Å². The summed E-state index contributed by atoms with van der Waals surface area (Å²) in [6.45, 7) is 0. The Hall–Kier alpha value is -6.58. The second-order valence-electron chi connectivity index (χ2n) is 14.2. The molecule has 0 saturated carbocycles. The maximum atomic E-state index is 6.77. The molecule has 3 heterocycles. The molecule has 2 aliphatic rings. The molecule has 0 bridgehead atoms. The minimum Gasteiger partial charge on any atom is -0.455 e. The molecule has 1 aliphatic carbocycles. The number of hydrogen-bond donors (Lipinski definition) is 0. The van der Waals surface area contributed by atoms with E-state index in [9.17, 15) is 0 Å². The molecule has 0 N–H and O–H groups in total. The smallest absolute Gasteiger partial charge is 0.145 e. The summed E-state index contributed by atoms with van der Waals surface area (Å²) >= 11 is 0. The average molecular weight is 667 g/mol. The summed E-state index contributed by atoms with van der Waals surface area (Å²) in [4.78, 5) is 2.56. The molecule has 3 heteroatoms. The van der Waals surface area contributed by atoms with Gasteiger partial charge in [-0.15, -0.1) is 0 Å². The van der Waals surface area contributed by atoms with Gasteiger partial charge in [0.25, 0.3) is 0 Å². The Labute approximate surface area is 302 Å². The first-order chi connectivity index (χ1) is 25.8. The van der Waals surface area contributed by atoms with Crippen molar-refractivity contribution < 1.29 is 4.42 Å². The molecule has 0 saturated heterocycles. The van der Waals surface area contributed by atoms with E-state index in [2.05, 4.69) is 191 Å². The number of aromatic nitrogens is 1. The molecule has 1 atom stereocenters. The van der Waals surface area contributed by atoms with Crippen molar-refractivity contribution in [2.75, 3.05) is 4.90 Å². The number of nitrogens with zero attached hydrogens (tertiary/aromatic N) is 2. The van der Waals surface area contributed by atoms with Crippen LogP contribution in [-0.2, 0) is 6.42 Å². The molecule has 1 spiro atoms. The molecule has 7 aromatic carbocycles. The SMILES string of the molecule is C1=CCC2(C=C1)Cc1cc(-c3cc4c5ccccc5oc4c4c5ccccc5n(-c5ccc(-c6ccccc6)cc5)c34)ccc1N2c1ccccc1. The zero-order chi connectivity index (χ0) is 34.2. The lowest BCUT2D eigenvalue weighted by Gasteiger charge is -2.38. The van der Waals surface area contributed by atoms with Crippen LogP contribution in [0.1, 0.15) is 12.0 Å². The fraction of sp³-hybridized carbons (Fsp3) is 0.0612. The van der Waals surface area contributed by atoms with Gasteiger partial charge in [0.15, 0.2) is 0 Å². The number of benzene rings is 7. The summed E-state index contributed by atoms with van der Waals surface area (Å²) in [6, 6.07) is 57.2. The Balaban J connectivity index is 1.19. The van der Waals surface area contributed by atoms with Crippen molar-refractivity contribution in [1.82, 2.24) is 4.57 Å². The highest BCUT2D eigenvalue weighted by molar-refractivity contribution is 6.27. The van der Waals surface area contributed by atoms with Gasteiger partial charge in [-0.05, 0) is 83.3 Å². The summed E-state index contributed by atoms with van der Waals surface area (Å²) in [6.07, 6.45) is 11.0. The van der Waals surface area contributed by atoms with Gasteiger partial charge in [0.2, 0.25) is 0 Å². The van der Waals surface area contributed by atoms with E-state index in [1.165, 1.54) is 44.6 Å². The Morgan fingerprint density at radius 2 is 1.27 bits per heavy atom. The number of hydrogen-bond acceptors (Lipinski definition) is 2. The van der Waals surface area contributed by atoms with Crippen molar-refractivity contribution in [2.45, 2.75) is 18.4 Å². The molecular formula is C49H34N2O. The third-order valence-corrected chi connectivity index (χ3v) is 11.2. The van der Waals surface area contributed by atoms with Crippen molar-refractivity contribution in [3.05, 3.63) is 188 Å². The van der Waals surface area contributed by atoms with Gasteiger partial charge in [-0.2, -0.15) is 0 Å². The topological polar surface area (TPSA) is 21.3 Å². The van der Waals surface area contributed by atoms with Crippen LogP contribution < -0.4 is 4.90 Å². The van der Waals surface area contributed by atoms with E-state index < -0.39 is 0 Å². The molecule has 0 fully saturated rings. The van der Waals surface area contributed by atoms with Crippen LogP contribution in [0.3, 0.4) is 0 Å². The van der Waals surface area contributed by atoms with Crippen molar-refractivity contribution in [2.24, 2.45) is 0 Å². The Kier molecular flexibility index (Phi) is 6.29. The third-order valence-electron chi connectivity index (χ3n) is 11.2. The van der Waals surface area contributed by atoms with Gasteiger partial charge in [0.05, 0.1) is 22.0 Å². The van der Waals surface area contributed by atoms with Gasteiger partial charge in [-0.25, -0.2) is 0 Å². The Morgan fingerprint density at radius 1 is 0.558 bits per heavy atom. The molecule has 3 nitrogen and oxygen atoms in total. The highest BCUT2D eigenvalue weighted by Gasteiger charge is 2.42. The Morgan fingerprint density at radius 3 is 2.08 bits per heavy atom. The molecule has 11 rings (SSSR count). The zero-order valence-electron chi connectivity index (χ0n) is 28.5. The highest BCUT2D eigenvalue weighted by Crippen LogP contribution is 2.50. The summed E-state index contributed by atoms with van der Waals surface area (Å²) in [5.74, 6) is 0. The van der Waals surface area contributed by atoms with Crippen LogP contribution in [0, 0.1) is 0 Å². The van der Waals surface area contributed by atoms with Gasteiger partial charge in [0.1, 0.15) is 11.2 Å². The molecule has 246 valence electrons. The van der Waals surface area contributed by atoms with Crippen molar-refractivity contribution in [1.29, 1.82) is 0 Å². The van der Waals surface area contributed by atoms with Crippen molar-refractivity contribution in [3.8, 4) is 27.9 Å². The zero-order valence-corrected chi connectivity index (χ0v) is 28.5. The summed E-state index contributed by atoms with van der Waals surface area (Å²) in [5, 5.41) is 4.61. The molecule has 0 amide bonds. The number of fused-ring (bicyclic) bond motifs is 8. The van der Waals surface area contributed by atoms with E-state index in [0.717, 1.165) is 56.9 Å². The predicted molar refractivity (Wildman–Crippen MR) is 217 cm³/mol. The average Bonchev–Trinajstić information content (AvgIpc) is 3.85. The van der Waals surface area contributed by atoms with Gasteiger partial charge in [-0.1, -0.05) is 127 Å². The monoisotopic (exact) mass is 666 g/mol. The first kappa shape index (κ1) is 29.2. The van der Waals surface area contributed by atoms with Gasteiger partial charge in [0, 0.05) is 45.2 Å². The largest absolute Gasteiger partial charge is 0.455 e. The lowest BCUT2D eigenvalue weighted by atomic mass is 9.86. The van der Waals surface area contributed by atoms with Crippen LogP contribution in [0.4, 0.5) is 11.4 Å². The van der Waals surface area contributed by atoms with Crippen LogP contribution in [0.25, 0.3) is 71.7 Å². The summed E-state index contributed by atoms with van der Waals surface area (Å²) < 4.78 is 9.21. The number of anilines is 2. The van der Waals surface area contributed by atoms with E-state index in [1.807, 2.05) is 0 Å². The second-order valence-corrected chi connectivity index (χ2v) is 14.2. The molecule has 52 heavy (non-hydrogen) atoms. The highest BCUT2D eigenvalue weighted by atomic mass is 16.3. The fourth-order valence-corrected chi connectivity index (χ4v) is 8.94. The predicted octanol–water partition coefficient (Wildman–Crippen LogP) is 13.0. The van der Waals surface area contributed by atoms with Gasteiger partial charge >= 0.3 is 0 Å². The standard InChI is InChI=1S/C49H34N2O/c1-4-14-33(15-5-1)34-22-25-37(26-23-34)50-44-20-10-8-19-40(44)46-47(50)41(31-42-39-18-9-11-21-45(39)52-48(42)46)35-24-27-43-36(30-35)32-49(28-12-3-13-29-49)51(43)38-16-6-2-7-17-38/h1-28,30-31H,29,32H2. The lowest BCUT2D eigenvalue weighted by Crippen LogP contribution is -2.42. The quantitative estimate of drug-likeness (QED) is 0.186. The third kappa shape index (κ3) is 4.26. The Bertz CT molecular complexity index is 2890. The first-order valence-electron chi connectivity index (χ1n) is 18.1. The van der Waals surface area contributed by atoms with Gasteiger partial charge in [-0.3, -0.25) is 0 Å². The molecular weight excluding hydrogens is 633 g/mol. The minimum absolute atomic E-state index is 0.132. The van der Waals surface area contributed by atoms with Crippen LogP contribution >= 0.6 is 0 Å². The number of para-hydroxylation sites is 3. The molecule has 1 unspecified atom stereocenters. The van der Waals surface area contributed by atoms with E-state index in [4.69, 9.17) is 4.42 Å². The molecule has 0 radical (unpaired) electrons. The van der Waals surface area contributed by atoms with E-state index in [1.54, 1.807) is 0 Å². The molecule has 2 aromatic heterocycles. The van der Waals surface area contributed by atoms with E-state index >= 15 is 0 Å². The first-order valence-corrected chi connectivity index (χ1v) is 18.1. The number of rotatable bonds is 4. The minimum atomic E-state index is -0.132. The fourth-order valence-electron chi connectivity index (χ4n) is 8.94. The number of furan rings is 1. The van der Waals surface area contributed by atoms with Crippen LogP contribution in [-0.4, -0.2) is 10.1 Å². The normalized spacial score (nSPS) is 16.6. The molecule has 9 aromatic rings. The summed E-state index contributed by atoms with van der Waals surface area (Å²) in [5.41, 5.74) is 13.8. The molecule has 1 aliphatic heterocycles. The number of allylic oxidation sites excluding steroid dienone is 2.